The molecule has 14 nitrogen and oxygen atoms in total. The van der Waals surface area contributed by atoms with Crippen LogP contribution in [0.25, 0.3) is 44.4 Å². The Morgan fingerprint density at radius 3 is 2.16 bits per heavy atom. The van der Waals surface area contributed by atoms with Gasteiger partial charge in [0.15, 0.2) is 0 Å². The maximum Gasteiger partial charge on any atom is 0.407 e. The second-order valence-electron chi connectivity index (χ2n) is 15.6. The number of imidazole rings is 2. The third kappa shape index (κ3) is 9.97. The molecule has 14 heteroatoms. The summed E-state index contributed by atoms with van der Waals surface area (Å²) in [6.07, 6.45) is 6.82. The molecule has 0 bridgehead atoms. The van der Waals surface area contributed by atoms with Gasteiger partial charge in [0.2, 0.25) is 5.91 Å². The fourth-order valence-electron chi connectivity index (χ4n) is 8.23. The lowest BCUT2D eigenvalue weighted by atomic mass is 9.94. The minimum Gasteiger partial charge on any atom is -0.453 e. The van der Waals surface area contributed by atoms with Crippen LogP contribution < -0.4 is 10.6 Å². The van der Waals surface area contributed by atoms with Gasteiger partial charge in [-0.05, 0) is 70.3 Å². The van der Waals surface area contributed by atoms with E-state index in [4.69, 9.17) is 9.72 Å². The molecule has 0 spiro atoms. The number of nitrogens with one attached hydrogen (secondary N) is 4. The highest BCUT2D eigenvalue weighted by atomic mass is 16.5. The third-order valence-electron chi connectivity index (χ3n) is 11.5. The van der Waals surface area contributed by atoms with E-state index in [-0.39, 0.29) is 30.3 Å². The second kappa shape index (κ2) is 20.1. The number of carbonyl (C=O) groups excluding carboxylic acids is 4. The Balaban J connectivity index is 1.04. The molecule has 3 atom stereocenters. The first-order valence-corrected chi connectivity index (χ1v) is 21.2. The molecule has 322 valence electrons. The number of alkyl carbamates (subject to hydrolysis) is 2. The normalized spacial score (nSPS) is 15.3. The summed E-state index contributed by atoms with van der Waals surface area (Å²) in [5.74, 6) is 1.20. The van der Waals surface area contributed by atoms with Gasteiger partial charge in [-0.2, -0.15) is 0 Å². The fourth-order valence-corrected chi connectivity index (χ4v) is 8.23. The smallest absolute Gasteiger partial charge is 0.407 e. The highest BCUT2D eigenvalue weighted by molar-refractivity contribution is 5.91. The number of ether oxygens (including phenoxy) is 2. The van der Waals surface area contributed by atoms with Crippen molar-refractivity contribution in [2.45, 2.75) is 64.6 Å². The minimum atomic E-state index is -0.891. The van der Waals surface area contributed by atoms with Gasteiger partial charge >= 0.3 is 12.2 Å². The topological polar surface area (TPSA) is 175 Å². The van der Waals surface area contributed by atoms with Gasteiger partial charge in [-0.25, -0.2) is 19.6 Å². The third-order valence-corrected chi connectivity index (χ3v) is 11.5. The highest BCUT2D eigenvalue weighted by Gasteiger charge is 2.42. The van der Waals surface area contributed by atoms with Gasteiger partial charge in [0.05, 0.1) is 50.6 Å². The number of aromatic nitrogens is 4. The summed E-state index contributed by atoms with van der Waals surface area (Å²) in [6.45, 7) is 5.48. The first-order valence-electron chi connectivity index (χ1n) is 21.2. The lowest BCUT2D eigenvalue weighted by Crippen LogP contribution is -2.43. The number of carbonyl (C=O) groups is 4. The number of hydrogen-bond acceptors (Lipinski definition) is 8. The summed E-state index contributed by atoms with van der Waals surface area (Å²) in [5.41, 5.74) is 6.50. The maximum absolute atomic E-state index is 14.2. The van der Waals surface area contributed by atoms with E-state index in [1.807, 2.05) is 41.4 Å². The Morgan fingerprint density at radius 2 is 1.45 bits per heavy atom. The molecule has 0 unspecified atom stereocenters. The zero-order valence-electron chi connectivity index (χ0n) is 35.6. The van der Waals surface area contributed by atoms with E-state index in [1.54, 1.807) is 11.1 Å². The van der Waals surface area contributed by atoms with Crippen LogP contribution in [0.15, 0.2) is 103 Å². The van der Waals surface area contributed by atoms with Gasteiger partial charge in [-0.1, -0.05) is 106 Å². The molecule has 6 aromatic rings. The van der Waals surface area contributed by atoms with Crippen LogP contribution in [0.5, 0.6) is 0 Å². The number of aromatic amines is 2. The molecular formula is C48H54N8O6. The van der Waals surface area contributed by atoms with Crippen molar-refractivity contribution in [3.8, 4) is 33.6 Å². The van der Waals surface area contributed by atoms with Crippen LogP contribution >= 0.6 is 0 Å². The number of unbranched alkanes of at least 4 members (excludes halogenated alkanes) is 1. The van der Waals surface area contributed by atoms with Crippen LogP contribution in [-0.4, -0.2) is 87.6 Å². The van der Waals surface area contributed by atoms with E-state index < -0.39 is 18.2 Å². The number of nitrogens with zero attached hydrogens (tertiary/aromatic N) is 4. The van der Waals surface area contributed by atoms with E-state index in [9.17, 15) is 19.2 Å². The van der Waals surface area contributed by atoms with E-state index in [0.29, 0.717) is 31.0 Å². The van der Waals surface area contributed by atoms with Crippen LogP contribution in [-0.2, 0) is 25.6 Å². The van der Waals surface area contributed by atoms with Gasteiger partial charge in [-0.3, -0.25) is 9.59 Å². The van der Waals surface area contributed by atoms with Gasteiger partial charge in [0.25, 0.3) is 5.91 Å². The number of hydrogen-bond donors (Lipinski definition) is 4. The molecule has 1 aliphatic rings. The summed E-state index contributed by atoms with van der Waals surface area (Å²) in [4.78, 5) is 70.9. The number of benzene rings is 4. The van der Waals surface area contributed by atoms with Crippen molar-refractivity contribution >= 4 is 34.8 Å². The lowest BCUT2D eigenvalue weighted by molar-refractivity contribution is -0.135. The van der Waals surface area contributed by atoms with E-state index in [2.05, 4.69) is 105 Å². The average Bonchev–Trinajstić information content (AvgIpc) is 4.09. The summed E-state index contributed by atoms with van der Waals surface area (Å²) in [6, 6.07) is 29.1. The van der Waals surface area contributed by atoms with E-state index >= 15 is 0 Å². The van der Waals surface area contributed by atoms with Crippen molar-refractivity contribution in [2.75, 3.05) is 33.9 Å². The number of likely N-dealkylation sites (tertiary alicyclic amines) is 1. The van der Waals surface area contributed by atoms with Crippen LogP contribution in [0.3, 0.4) is 0 Å². The van der Waals surface area contributed by atoms with Crippen molar-refractivity contribution in [1.82, 2.24) is 40.4 Å². The molecule has 4 N–H and O–H groups in total. The molecule has 1 saturated heterocycles. The van der Waals surface area contributed by atoms with E-state index in [1.165, 1.54) is 14.2 Å². The molecule has 3 heterocycles. The summed E-state index contributed by atoms with van der Waals surface area (Å²) in [5, 5.41) is 7.40. The largest absolute Gasteiger partial charge is 0.453 e. The predicted octanol–water partition coefficient (Wildman–Crippen LogP) is 8.56. The molecule has 1 fully saturated rings. The van der Waals surface area contributed by atoms with E-state index in [0.717, 1.165) is 82.3 Å². The number of H-pyrrole nitrogens is 2. The Labute approximate surface area is 361 Å². The van der Waals surface area contributed by atoms with Crippen LogP contribution in [0.4, 0.5) is 9.59 Å². The molecule has 4 aromatic carbocycles. The van der Waals surface area contributed by atoms with Crippen molar-refractivity contribution in [3.63, 3.8) is 0 Å². The summed E-state index contributed by atoms with van der Waals surface area (Å²) >= 11 is 0. The standard InChI is InChI=1S/C48H54N8O6/c1-5-7-23-55(42(57)29-51-47(59)61-3)30-41-49-27-40(52-41)38-21-20-36-25-35(18-19-37(36)26-38)31-14-16-32(17-15-31)39-28-50-45(53-39)44-34(11-6-2)22-24-56(44)46(58)43(54-48(60)62-4)33-12-9-8-10-13-33/h8-10,12-21,25-28,34,43-44H,5-7,11,22-24,29-30H2,1-4H3,(H,49,52)(H,50,53)(H,51,59)(H,54,60)/t34-,43-,44+/m1/s1. The Morgan fingerprint density at radius 1 is 0.790 bits per heavy atom. The Bertz CT molecular complexity index is 2480. The number of methoxy groups -OCH3 is 2. The first kappa shape index (κ1) is 43.1. The zero-order chi connectivity index (χ0) is 43.6. The van der Waals surface area contributed by atoms with Crippen LogP contribution in [0, 0.1) is 5.92 Å². The maximum atomic E-state index is 14.2. The monoisotopic (exact) mass is 838 g/mol. The first-order chi connectivity index (χ1) is 30.2. The van der Waals surface area contributed by atoms with Gasteiger partial charge < -0.3 is 39.9 Å². The fraction of sp³-hybridized carbons (Fsp3) is 0.333. The van der Waals surface area contributed by atoms with Crippen molar-refractivity contribution in [3.05, 3.63) is 121 Å². The predicted molar refractivity (Wildman–Crippen MR) is 237 cm³/mol. The van der Waals surface area contributed by atoms with Gasteiger partial charge in [0, 0.05) is 18.7 Å². The summed E-state index contributed by atoms with van der Waals surface area (Å²) in [7, 11) is 2.56. The Kier molecular flexibility index (Phi) is 14.0. The lowest BCUT2D eigenvalue weighted by Gasteiger charge is -2.30. The minimum absolute atomic E-state index is 0.146. The molecule has 62 heavy (non-hydrogen) atoms. The summed E-state index contributed by atoms with van der Waals surface area (Å²) < 4.78 is 9.49. The number of amides is 4. The number of fused-ring (bicyclic) bond motifs is 1. The van der Waals surface area contributed by atoms with Crippen molar-refractivity contribution in [2.24, 2.45) is 5.92 Å². The van der Waals surface area contributed by atoms with Crippen molar-refractivity contribution in [1.29, 1.82) is 0 Å². The number of rotatable bonds is 16. The molecule has 2 aromatic heterocycles. The second-order valence-corrected chi connectivity index (χ2v) is 15.6. The molecule has 0 aliphatic carbocycles. The highest BCUT2D eigenvalue weighted by Crippen LogP contribution is 2.41. The molecule has 4 amide bonds. The molecule has 0 radical (unpaired) electrons. The molecule has 0 saturated carbocycles. The molecule has 1 aliphatic heterocycles. The van der Waals surface area contributed by atoms with Crippen LogP contribution in [0.1, 0.15) is 75.2 Å². The van der Waals surface area contributed by atoms with Crippen LogP contribution in [0.2, 0.25) is 0 Å². The van der Waals surface area contributed by atoms with Gasteiger partial charge in [-0.15, -0.1) is 0 Å². The quantitative estimate of drug-likeness (QED) is 0.0750. The Hall–Kier alpha value is -6.96. The molecule has 7 rings (SSSR count). The zero-order valence-corrected chi connectivity index (χ0v) is 35.6. The average molecular weight is 839 g/mol. The molecular weight excluding hydrogens is 785 g/mol. The SMILES string of the molecule is CCCCN(Cc1ncc(-c2ccc3cc(-c4ccc(-c5cnc([C@@H]6[C@H](CCC)CCN6C(=O)[C@H](NC(=O)OC)c6ccccc6)[nH]5)cc4)ccc3c2)[nH]1)C(=O)CNC(=O)OC. The van der Waals surface area contributed by atoms with Crippen molar-refractivity contribution < 1.29 is 28.7 Å². The van der Waals surface area contributed by atoms with Gasteiger partial charge in [0.1, 0.15) is 24.2 Å².